The summed E-state index contributed by atoms with van der Waals surface area (Å²) in [4.78, 5) is 24.9. The molecule has 1 aromatic rings. The van der Waals surface area contributed by atoms with Crippen LogP contribution in [0.2, 0.25) is 0 Å². The summed E-state index contributed by atoms with van der Waals surface area (Å²) in [6, 6.07) is 5.01. The molecule has 0 saturated carbocycles. The first kappa shape index (κ1) is 25.7. The van der Waals surface area contributed by atoms with Gasteiger partial charge in [-0.2, -0.15) is 0 Å². The van der Waals surface area contributed by atoms with Crippen molar-refractivity contribution in [3.8, 4) is 5.75 Å². The van der Waals surface area contributed by atoms with Crippen molar-refractivity contribution >= 4 is 11.9 Å². The number of hydrogen-bond donors (Lipinski definition) is 3. The van der Waals surface area contributed by atoms with Crippen LogP contribution in [0.15, 0.2) is 54.8 Å². The van der Waals surface area contributed by atoms with Crippen molar-refractivity contribution in [3.05, 3.63) is 65.9 Å². The molecule has 1 saturated heterocycles. The molecule has 2 aliphatic heterocycles. The normalized spacial score (nSPS) is 26.1. The van der Waals surface area contributed by atoms with E-state index in [0.29, 0.717) is 50.5 Å². The van der Waals surface area contributed by atoms with Crippen molar-refractivity contribution in [1.82, 2.24) is 5.32 Å². The summed E-state index contributed by atoms with van der Waals surface area (Å²) < 4.78 is 12.0. The first-order valence-electron chi connectivity index (χ1n) is 12.1. The smallest absolute Gasteiger partial charge is 0.342 e. The molecule has 34 heavy (non-hydrogen) atoms. The minimum Gasteiger partial charge on any atom is -0.507 e. The molecule has 0 radical (unpaired) electrons. The van der Waals surface area contributed by atoms with Gasteiger partial charge < -0.3 is 25.0 Å². The standard InChI is InChI=1S/C27H35NO6/c1-2-3-4-5-11-25(31)28-16-7-9-21-14-15-23-18-20(29)17-22(33-23)13-12-19-8-6-10-24(30)26(19)27(32)34-21/h3-8,10-11,16,20-23,29-30H,2,9,12-15,17-18H2,1H3,(H,28,31)/b4-3-,11-5-,16-7+/t20-,21+,22?,23+/m1/s1. The monoisotopic (exact) mass is 469 g/mol. The summed E-state index contributed by atoms with van der Waals surface area (Å²) in [6.07, 6.45) is 13.9. The predicted molar refractivity (Wildman–Crippen MR) is 129 cm³/mol. The van der Waals surface area contributed by atoms with E-state index in [0.717, 1.165) is 6.42 Å². The Balaban J connectivity index is 1.70. The zero-order chi connectivity index (χ0) is 24.3. The van der Waals surface area contributed by atoms with E-state index in [2.05, 4.69) is 5.32 Å². The van der Waals surface area contributed by atoms with Gasteiger partial charge in [0.05, 0.1) is 18.3 Å². The van der Waals surface area contributed by atoms with Crippen LogP contribution < -0.4 is 5.32 Å². The van der Waals surface area contributed by atoms with Crippen LogP contribution in [0.5, 0.6) is 5.75 Å². The van der Waals surface area contributed by atoms with E-state index in [1.54, 1.807) is 24.4 Å². The number of cyclic esters (lactones) is 1. The predicted octanol–water partition coefficient (Wildman–Crippen LogP) is 4.09. The summed E-state index contributed by atoms with van der Waals surface area (Å²) in [5, 5.41) is 23.4. The van der Waals surface area contributed by atoms with Gasteiger partial charge in [0.1, 0.15) is 17.4 Å². The van der Waals surface area contributed by atoms with Gasteiger partial charge in [-0.05, 0) is 56.6 Å². The first-order chi connectivity index (χ1) is 16.5. The Hall–Kier alpha value is -2.90. The molecule has 3 N–H and O–H groups in total. The number of aliphatic hydroxyl groups excluding tert-OH is 1. The minimum atomic E-state index is -0.548. The highest BCUT2D eigenvalue weighted by molar-refractivity contribution is 5.94. The fourth-order valence-electron chi connectivity index (χ4n) is 4.38. The Morgan fingerprint density at radius 1 is 1.15 bits per heavy atom. The summed E-state index contributed by atoms with van der Waals surface area (Å²) >= 11 is 0. The van der Waals surface area contributed by atoms with Crippen molar-refractivity contribution in [1.29, 1.82) is 0 Å². The van der Waals surface area contributed by atoms with Crippen LogP contribution >= 0.6 is 0 Å². The van der Waals surface area contributed by atoms with Gasteiger partial charge in [-0.25, -0.2) is 4.79 Å². The lowest BCUT2D eigenvalue weighted by molar-refractivity contribution is -0.115. The van der Waals surface area contributed by atoms with Crippen LogP contribution in [0.3, 0.4) is 0 Å². The Morgan fingerprint density at radius 3 is 2.74 bits per heavy atom. The largest absolute Gasteiger partial charge is 0.507 e. The number of nitrogens with one attached hydrogen (secondary N) is 1. The number of rotatable bonds is 6. The Morgan fingerprint density at radius 2 is 1.94 bits per heavy atom. The second-order valence-electron chi connectivity index (χ2n) is 8.80. The van der Waals surface area contributed by atoms with Crippen molar-refractivity contribution in [3.63, 3.8) is 0 Å². The number of amides is 1. The number of aliphatic hydroxyl groups is 1. The quantitative estimate of drug-likeness (QED) is 0.329. The summed E-state index contributed by atoms with van der Waals surface area (Å²) in [6.45, 7) is 2.02. The number of phenolic OH excluding ortho intramolecular Hbond substituents is 1. The maximum Gasteiger partial charge on any atom is 0.342 e. The van der Waals surface area contributed by atoms with E-state index < -0.39 is 18.2 Å². The number of aromatic hydroxyl groups is 1. The number of aryl methyl sites for hydroxylation is 1. The Labute approximate surface area is 201 Å². The fourth-order valence-corrected chi connectivity index (χ4v) is 4.38. The summed E-state index contributed by atoms with van der Waals surface area (Å²) in [7, 11) is 0. The van der Waals surface area contributed by atoms with Crippen LogP contribution in [0.4, 0.5) is 0 Å². The molecule has 0 aromatic heterocycles. The zero-order valence-corrected chi connectivity index (χ0v) is 19.7. The topological polar surface area (TPSA) is 105 Å². The van der Waals surface area contributed by atoms with Crippen LogP contribution in [0.1, 0.15) is 67.8 Å². The van der Waals surface area contributed by atoms with E-state index in [1.807, 2.05) is 25.1 Å². The average molecular weight is 470 g/mol. The van der Waals surface area contributed by atoms with Gasteiger partial charge in [-0.3, -0.25) is 4.79 Å². The van der Waals surface area contributed by atoms with Gasteiger partial charge in [0, 0.05) is 18.7 Å². The van der Waals surface area contributed by atoms with Gasteiger partial charge in [0.2, 0.25) is 5.91 Å². The fraction of sp³-hybridized carbons (Fsp3) is 0.481. The Kier molecular flexibility index (Phi) is 9.91. The molecular weight excluding hydrogens is 434 g/mol. The van der Waals surface area contributed by atoms with E-state index >= 15 is 0 Å². The number of benzene rings is 1. The lowest BCUT2D eigenvalue weighted by Gasteiger charge is -2.34. The highest BCUT2D eigenvalue weighted by atomic mass is 16.5. The van der Waals surface area contributed by atoms with E-state index in [4.69, 9.17) is 9.47 Å². The second-order valence-corrected chi connectivity index (χ2v) is 8.80. The lowest BCUT2D eigenvalue weighted by atomic mass is 9.92. The number of hydrogen-bond acceptors (Lipinski definition) is 6. The molecule has 4 atom stereocenters. The molecule has 0 spiro atoms. The Bertz CT molecular complexity index is 922. The van der Waals surface area contributed by atoms with Crippen LogP contribution in [-0.2, 0) is 20.7 Å². The highest BCUT2D eigenvalue weighted by Crippen LogP contribution is 2.30. The molecule has 7 heteroatoms. The SMILES string of the molecule is CC/C=C\C=C/C(=O)N/C=C/C[C@H]1CC[C@H]2C[C@H](O)CC(CCc3cccc(O)c3C(=O)O1)O2. The third-order valence-electron chi connectivity index (χ3n) is 6.08. The minimum absolute atomic E-state index is 0.0896. The number of fused-ring (bicyclic) bond motifs is 3. The number of ether oxygens (including phenoxy) is 2. The average Bonchev–Trinajstić information content (AvgIpc) is 2.80. The maximum absolute atomic E-state index is 13.0. The number of allylic oxidation sites excluding steroid dienone is 3. The van der Waals surface area contributed by atoms with Crippen molar-refractivity contribution in [2.75, 3.05) is 0 Å². The molecular formula is C27H35NO6. The van der Waals surface area contributed by atoms with Crippen LogP contribution in [-0.4, -0.2) is 46.5 Å². The molecule has 3 rings (SSSR count). The van der Waals surface area contributed by atoms with E-state index in [-0.39, 0.29) is 29.4 Å². The highest BCUT2D eigenvalue weighted by Gasteiger charge is 2.31. The molecule has 1 fully saturated rings. The van der Waals surface area contributed by atoms with Crippen molar-refractivity contribution in [2.45, 2.75) is 82.7 Å². The van der Waals surface area contributed by atoms with Gasteiger partial charge in [0.15, 0.2) is 0 Å². The maximum atomic E-state index is 13.0. The summed E-state index contributed by atoms with van der Waals surface area (Å²) in [5.74, 6) is -0.900. The summed E-state index contributed by atoms with van der Waals surface area (Å²) in [5.41, 5.74) is 0.889. The molecule has 1 aromatic carbocycles. The second kappa shape index (κ2) is 13.1. The molecule has 1 unspecified atom stereocenters. The molecule has 2 heterocycles. The van der Waals surface area contributed by atoms with Gasteiger partial charge in [-0.15, -0.1) is 0 Å². The van der Waals surface area contributed by atoms with Gasteiger partial charge in [0.25, 0.3) is 0 Å². The number of phenols is 1. The van der Waals surface area contributed by atoms with Crippen molar-refractivity contribution < 1.29 is 29.3 Å². The third-order valence-corrected chi connectivity index (χ3v) is 6.08. The third kappa shape index (κ3) is 7.85. The van der Waals surface area contributed by atoms with Gasteiger partial charge >= 0.3 is 5.97 Å². The molecule has 2 bridgehead atoms. The van der Waals surface area contributed by atoms with Crippen LogP contribution in [0.25, 0.3) is 0 Å². The first-order valence-corrected chi connectivity index (χ1v) is 12.1. The van der Waals surface area contributed by atoms with E-state index in [9.17, 15) is 19.8 Å². The molecule has 1 amide bonds. The zero-order valence-electron chi connectivity index (χ0n) is 19.7. The number of carbonyl (C=O) groups is 2. The molecule has 184 valence electrons. The van der Waals surface area contributed by atoms with E-state index in [1.165, 1.54) is 12.1 Å². The van der Waals surface area contributed by atoms with Crippen molar-refractivity contribution in [2.24, 2.45) is 0 Å². The van der Waals surface area contributed by atoms with Gasteiger partial charge in [-0.1, -0.05) is 43.4 Å². The van der Waals surface area contributed by atoms with Crippen LogP contribution in [0, 0.1) is 0 Å². The number of carbonyl (C=O) groups excluding carboxylic acids is 2. The number of esters is 1. The molecule has 7 nitrogen and oxygen atoms in total. The molecule has 0 aliphatic carbocycles. The lowest BCUT2D eigenvalue weighted by Crippen LogP contribution is -2.37. The molecule has 2 aliphatic rings.